The number of anilines is 1. The quantitative estimate of drug-likeness (QED) is 0.823. The molecule has 1 atom stereocenters. The standard InChI is InChI=1S/C11H11Br2N3O/c12-8-6-14-10(9(13)15-8)16-11(17)7-4-2-1-3-5-7/h1-2,6-7H,3-5H2,(H,14,16,17). The van der Waals surface area contributed by atoms with Crippen LogP contribution in [-0.2, 0) is 4.79 Å². The molecular weight excluding hydrogens is 350 g/mol. The normalized spacial score (nSPS) is 19.1. The molecule has 1 aromatic rings. The van der Waals surface area contributed by atoms with E-state index < -0.39 is 0 Å². The zero-order chi connectivity index (χ0) is 12.3. The predicted molar refractivity (Wildman–Crippen MR) is 72.5 cm³/mol. The van der Waals surface area contributed by atoms with Crippen LogP contribution in [0.3, 0.4) is 0 Å². The van der Waals surface area contributed by atoms with E-state index in [1.165, 1.54) is 0 Å². The van der Waals surface area contributed by atoms with E-state index in [2.05, 4.69) is 59.3 Å². The fraction of sp³-hybridized carbons (Fsp3) is 0.364. The van der Waals surface area contributed by atoms with Crippen LogP contribution in [0.1, 0.15) is 19.3 Å². The summed E-state index contributed by atoms with van der Waals surface area (Å²) in [5.74, 6) is 0.511. The summed E-state index contributed by atoms with van der Waals surface area (Å²) in [6.07, 6.45) is 8.37. The maximum absolute atomic E-state index is 12.0. The Morgan fingerprint density at radius 2 is 2.24 bits per heavy atom. The molecule has 1 unspecified atom stereocenters. The highest BCUT2D eigenvalue weighted by Crippen LogP contribution is 2.23. The Bertz CT molecular complexity index is 462. The zero-order valence-corrected chi connectivity index (χ0v) is 12.2. The monoisotopic (exact) mass is 359 g/mol. The van der Waals surface area contributed by atoms with E-state index in [0.717, 1.165) is 19.3 Å². The van der Waals surface area contributed by atoms with Crippen molar-refractivity contribution < 1.29 is 4.79 Å². The minimum Gasteiger partial charge on any atom is -0.308 e. The molecule has 0 aliphatic heterocycles. The first-order valence-corrected chi connectivity index (χ1v) is 6.89. The molecule has 1 aliphatic carbocycles. The van der Waals surface area contributed by atoms with Crippen molar-refractivity contribution in [2.75, 3.05) is 5.32 Å². The van der Waals surface area contributed by atoms with Gasteiger partial charge in [0.1, 0.15) is 9.21 Å². The van der Waals surface area contributed by atoms with Crippen molar-refractivity contribution >= 4 is 43.6 Å². The molecular formula is C11H11Br2N3O. The summed E-state index contributed by atoms with van der Waals surface area (Å²) >= 11 is 6.48. The molecule has 0 saturated heterocycles. The Hall–Kier alpha value is -0.750. The number of carbonyl (C=O) groups excluding carboxylic acids is 1. The van der Waals surface area contributed by atoms with E-state index in [4.69, 9.17) is 0 Å². The number of aromatic nitrogens is 2. The minimum atomic E-state index is 0.00618. The maximum atomic E-state index is 12.0. The molecule has 1 N–H and O–H groups in total. The van der Waals surface area contributed by atoms with Crippen LogP contribution >= 0.6 is 31.9 Å². The van der Waals surface area contributed by atoms with Crippen LogP contribution in [0.25, 0.3) is 0 Å². The SMILES string of the molecule is O=C(Nc1ncc(Br)nc1Br)C1CC=CCC1. The molecule has 2 rings (SSSR count). The number of nitrogens with one attached hydrogen (secondary N) is 1. The van der Waals surface area contributed by atoms with Gasteiger partial charge in [-0.2, -0.15) is 0 Å². The van der Waals surface area contributed by atoms with Gasteiger partial charge in [-0.3, -0.25) is 4.79 Å². The molecule has 1 aromatic heterocycles. The molecule has 0 spiro atoms. The third kappa shape index (κ3) is 3.35. The van der Waals surface area contributed by atoms with Gasteiger partial charge in [-0.1, -0.05) is 12.2 Å². The summed E-state index contributed by atoms with van der Waals surface area (Å²) in [4.78, 5) is 20.2. The number of hydrogen-bond acceptors (Lipinski definition) is 3. The predicted octanol–water partition coefficient (Wildman–Crippen LogP) is 3.30. The second kappa shape index (κ2) is 5.73. The first kappa shape index (κ1) is 12.7. The van der Waals surface area contributed by atoms with Gasteiger partial charge in [0, 0.05) is 5.92 Å². The largest absolute Gasteiger partial charge is 0.308 e. The zero-order valence-electron chi connectivity index (χ0n) is 8.99. The summed E-state index contributed by atoms with van der Waals surface area (Å²) in [7, 11) is 0. The molecule has 1 amide bonds. The van der Waals surface area contributed by atoms with Gasteiger partial charge in [0.15, 0.2) is 5.82 Å². The average Bonchev–Trinajstić information content (AvgIpc) is 2.34. The van der Waals surface area contributed by atoms with Crippen LogP contribution < -0.4 is 5.32 Å². The van der Waals surface area contributed by atoms with E-state index in [0.29, 0.717) is 15.0 Å². The van der Waals surface area contributed by atoms with Crippen molar-refractivity contribution in [2.24, 2.45) is 5.92 Å². The topological polar surface area (TPSA) is 54.9 Å². The van der Waals surface area contributed by atoms with Gasteiger partial charge in [0.25, 0.3) is 0 Å². The first-order valence-electron chi connectivity index (χ1n) is 5.30. The van der Waals surface area contributed by atoms with Crippen LogP contribution in [0.4, 0.5) is 5.82 Å². The van der Waals surface area contributed by atoms with E-state index in [9.17, 15) is 4.79 Å². The minimum absolute atomic E-state index is 0.00618. The van der Waals surface area contributed by atoms with E-state index in [-0.39, 0.29) is 11.8 Å². The molecule has 4 nitrogen and oxygen atoms in total. The third-order valence-electron chi connectivity index (χ3n) is 2.58. The van der Waals surface area contributed by atoms with E-state index >= 15 is 0 Å². The fourth-order valence-corrected chi connectivity index (χ4v) is 2.59. The average molecular weight is 361 g/mol. The summed E-state index contributed by atoms with van der Waals surface area (Å²) < 4.78 is 1.16. The van der Waals surface area contributed by atoms with Crippen molar-refractivity contribution in [3.05, 3.63) is 27.6 Å². The van der Waals surface area contributed by atoms with Gasteiger partial charge in [-0.15, -0.1) is 0 Å². The van der Waals surface area contributed by atoms with Crippen LogP contribution in [0, 0.1) is 5.92 Å². The smallest absolute Gasteiger partial charge is 0.229 e. The second-order valence-electron chi connectivity index (χ2n) is 3.80. The van der Waals surface area contributed by atoms with Crippen LogP contribution in [0.15, 0.2) is 27.6 Å². The summed E-state index contributed by atoms with van der Waals surface area (Å²) in [6.45, 7) is 0. The lowest BCUT2D eigenvalue weighted by molar-refractivity contribution is -0.120. The van der Waals surface area contributed by atoms with Gasteiger partial charge < -0.3 is 5.32 Å². The Balaban J connectivity index is 2.05. The lowest BCUT2D eigenvalue weighted by Crippen LogP contribution is -2.24. The van der Waals surface area contributed by atoms with Gasteiger partial charge in [-0.05, 0) is 51.1 Å². The third-order valence-corrected chi connectivity index (χ3v) is 3.52. The molecule has 0 saturated carbocycles. The van der Waals surface area contributed by atoms with Crippen molar-refractivity contribution in [1.29, 1.82) is 0 Å². The Kier molecular flexibility index (Phi) is 4.28. The van der Waals surface area contributed by atoms with E-state index in [1.54, 1.807) is 6.20 Å². The number of amides is 1. The van der Waals surface area contributed by atoms with Crippen molar-refractivity contribution in [2.45, 2.75) is 19.3 Å². The highest BCUT2D eigenvalue weighted by molar-refractivity contribution is 9.11. The van der Waals surface area contributed by atoms with Crippen LogP contribution in [0.5, 0.6) is 0 Å². The first-order chi connectivity index (χ1) is 8.16. The Morgan fingerprint density at radius 1 is 1.41 bits per heavy atom. The number of carbonyl (C=O) groups is 1. The van der Waals surface area contributed by atoms with Gasteiger partial charge >= 0.3 is 0 Å². The molecule has 0 fully saturated rings. The molecule has 0 aromatic carbocycles. The van der Waals surface area contributed by atoms with Crippen molar-refractivity contribution in [1.82, 2.24) is 9.97 Å². The molecule has 1 aliphatic rings. The molecule has 0 bridgehead atoms. The summed E-state index contributed by atoms with van der Waals surface area (Å²) in [5.41, 5.74) is 0. The number of halogens is 2. The van der Waals surface area contributed by atoms with Crippen molar-refractivity contribution in [3.8, 4) is 0 Å². The van der Waals surface area contributed by atoms with Crippen molar-refractivity contribution in [3.63, 3.8) is 0 Å². The number of allylic oxidation sites excluding steroid dienone is 2. The number of nitrogens with zero attached hydrogens (tertiary/aromatic N) is 2. The fourth-order valence-electron chi connectivity index (χ4n) is 1.68. The summed E-state index contributed by atoms with van der Waals surface area (Å²) in [6, 6.07) is 0. The van der Waals surface area contributed by atoms with Crippen LogP contribution in [-0.4, -0.2) is 15.9 Å². The van der Waals surface area contributed by atoms with Gasteiger partial charge in [0.05, 0.1) is 6.20 Å². The highest BCUT2D eigenvalue weighted by atomic mass is 79.9. The number of rotatable bonds is 2. The van der Waals surface area contributed by atoms with E-state index in [1.807, 2.05) is 0 Å². The van der Waals surface area contributed by atoms with Gasteiger partial charge in [-0.25, -0.2) is 9.97 Å². The maximum Gasteiger partial charge on any atom is 0.229 e. The molecule has 1 heterocycles. The molecule has 6 heteroatoms. The van der Waals surface area contributed by atoms with Crippen LogP contribution in [0.2, 0.25) is 0 Å². The molecule has 17 heavy (non-hydrogen) atoms. The van der Waals surface area contributed by atoms with Gasteiger partial charge in [0.2, 0.25) is 5.91 Å². The lowest BCUT2D eigenvalue weighted by Gasteiger charge is -2.17. The number of hydrogen-bond donors (Lipinski definition) is 1. The molecule has 0 radical (unpaired) electrons. The Morgan fingerprint density at radius 3 is 2.88 bits per heavy atom. The molecule has 90 valence electrons. The summed E-state index contributed by atoms with van der Waals surface area (Å²) in [5, 5.41) is 2.79. The Labute approximate surface area is 116 Å². The second-order valence-corrected chi connectivity index (χ2v) is 5.37. The lowest BCUT2D eigenvalue weighted by atomic mass is 9.94. The highest BCUT2D eigenvalue weighted by Gasteiger charge is 2.20.